The number of benzene rings is 2. The summed E-state index contributed by atoms with van der Waals surface area (Å²) in [6.45, 7) is 6.21. The van der Waals surface area contributed by atoms with Crippen LogP contribution in [0.15, 0.2) is 56.9 Å². The van der Waals surface area contributed by atoms with Crippen LogP contribution in [0.3, 0.4) is 0 Å². The van der Waals surface area contributed by atoms with Gasteiger partial charge in [0, 0.05) is 24.7 Å². The number of aryl methyl sites for hydroxylation is 1. The zero-order valence-electron chi connectivity index (χ0n) is 28.7. The molecule has 3 aromatic rings. The molecule has 2 fully saturated rings. The van der Waals surface area contributed by atoms with Gasteiger partial charge in [-0.2, -0.15) is 0 Å². The average Bonchev–Trinajstić information content (AvgIpc) is 3.52. The number of ether oxygens (including phenoxy) is 2. The number of sulfonamides is 1. The van der Waals surface area contributed by atoms with E-state index in [0.29, 0.717) is 30.0 Å². The number of unbranched alkanes of at least 4 members (excludes halogenated alkanes) is 1. The Balaban J connectivity index is 1.37. The quantitative estimate of drug-likeness (QED) is 0.163. The van der Waals surface area contributed by atoms with E-state index in [-0.39, 0.29) is 29.5 Å². The van der Waals surface area contributed by atoms with E-state index < -0.39 is 15.6 Å². The van der Waals surface area contributed by atoms with Crippen molar-refractivity contribution in [2.24, 2.45) is 4.99 Å². The molecule has 1 amide bonds. The number of hydrogen-bond acceptors (Lipinski definition) is 8. The maximum Gasteiger partial charge on any atom is 0.268 e. The van der Waals surface area contributed by atoms with E-state index in [1.54, 1.807) is 26.0 Å². The zero-order chi connectivity index (χ0) is 33.9. The molecule has 1 spiro atoms. The lowest BCUT2D eigenvalue weighted by Gasteiger charge is -2.30. The van der Waals surface area contributed by atoms with Crippen molar-refractivity contribution in [1.82, 2.24) is 10.1 Å². The lowest BCUT2D eigenvalue weighted by Crippen LogP contribution is -2.43. The zero-order valence-corrected chi connectivity index (χ0v) is 29.5. The molecule has 0 radical (unpaired) electrons. The summed E-state index contributed by atoms with van der Waals surface area (Å²) in [5, 5.41) is 4.06. The first-order chi connectivity index (χ1) is 23.2. The summed E-state index contributed by atoms with van der Waals surface area (Å²) in [4.78, 5) is 21.2. The highest BCUT2D eigenvalue weighted by Crippen LogP contribution is 2.40. The average molecular weight is 677 g/mol. The molecule has 2 saturated carbocycles. The van der Waals surface area contributed by atoms with Gasteiger partial charge in [-0.25, -0.2) is 12.7 Å². The predicted molar refractivity (Wildman–Crippen MR) is 185 cm³/mol. The van der Waals surface area contributed by atoms with E-state index in [0.717, 1.165) is 97.5 Å². The van der Waals surface area contributed by atoms with E-state index in [2.05, 4.69) is 18.1 Å². The molecule has 3 aliphatic rings. The molecule has 0 N–H and O–H groups in total. The van der Waals surface area contributed by atoms with Gasteiger partial charge in [0.15, 0.2) is 5.82 Å². The van der Waals surface area contributed by atoms with Gasteiger partial charge in [-0.3, -0.25) is 14.7 Å². The first-order valence-corrected chi connectivity index (χ1v) is 18.8. The summed E-state index contributed by atoms with van der Waals surface area (Å²) in [5.74, 6) is 1.75. The number of anilines is 1. The number of carbonyl (C=O) groups excluding carboxylic acids is 1. The van der Waals surface area contributed by atoms with Gasteiger partial charge in [-0.05, 0) is 75.1 Å². The fourth-order valence-corrected chi connectivity index (χ4v) is 8.55. The number of hydrogen-bond donors (Lipinski definition) is 0. The van der Waals surface area contributed by atoms with Gasteiger partial charge in [0.1, 0.15) is 23.9 Å². The highest BCUT2D eigenvalue weighted by molar-refractivity contribution is 7.93. The highest BCUT2D eigenvalue weighted by atomic mass is 32.2. The van der Waals surface area contributed by atoms with Crippen LogP contribution in [0.25, 0.3) is 11.1 Å². The van der Waals surface area contributed by atoms with Crippen molar-refractivity contribution in [2.75, 3.05) is 18.1 Å². The maximum atomic E-state index is 14.4. The molecule has 258 valence electrons. The van der Waals surface area contributed by atoms with E-state index in [4.69, 9.17) is 19.0 Å². The van der Waals surface area contributed by atoms with Crippen LogP contribution in [0, 0.1) is 13.8 Å². The van der Waals surface area contributed by atoms with Crippen LogP contribution in [0.1, 0.15) is 100 Å². The van der Waals surface area contributed by atoms with Crippen LogP contribution in [0.2, 0.25) is 0 Å². The lowest BCUT2D eigenvalue weighted by atomic mass is 9.82. The fraction of sp³-hybridized carbons (Fsp3) is 0.541. The Morgan fingerprint density at radius 1 is 1.04 bits per heavy atom. The van der Waals surface area contributed by atoms with Gasteiger partial charge >= 0.3 is 0 Å². The fourth-order valence-electron chi connectivity index (χ4n) is 6.96. The Morgan fingerprint density at radius 3 is 2.48 bits per heavy atom. The van der Waals surface area contributed by atoms with Crippen molar-refractivity contribution >= 4 is 27.6 Å². The molecule has 2 aliphatic carbocycles. The summed E-state index contributed by atoms with van der Waals surface area (Å²) < 4.78 is 46.9. The van der Waals surface area contributed by atoms with Gasteiger partial charge in [-0.1, -0.05) is 74.2 Å². The third-order valence-electron chi connectivity index (χ3n) is 10.1. The molecule has 0 unspecified atom stereocenters. The van der Waals surface area contributed by atoms with Gasteiger partial charge in [0.05, 0.1) is 24.2 Å². The topological polar surface area (TPSA) is 115 Å². The Bertz CT molecular complexity index is 1760. The second-order valence-electron chi connectivity index (χ2n) is 13.4. The number of methoxy groups -OCH3 is 1. The minimum Gasteiger partial charge on any atom is -0.374 e. The first-order valence-electron chi connectivity index (χ1n) is 17.4. The molecule has 0 saturated heterocycles. The number of amidine groups is 1. The molecule has 11 heteroatoms. The molecule has 2 aromatic carbocycles. The van der Waals surface area contributed by atoms with Crippen LogP contribution >= 0.6 is 0 Å². The molecule has 10 nitrogen and oxygen atoms in total. The van der Waals surface area contributed by atoms with Gasteiger partial charge in [0.25, 0.3) is 15.9 Å². The molecule has 1 aliphatic heterocycles. The summed E-state index contributed by atoms with van der Waals surface area (Å²) in [6.07, 6.45) is 11.0. The standard InChI is InChI=1S/C37H48N4O6S/c1-5-6-17-34-38-37(20-10-7-11-21-37)36(42)40(34)23-28-18-19-31(29(22-28)24-46-30-13-12-14-30)32-15-8-9-16-33(32)48(43,44)41(25-45-4)35-26(2)27(3)47-39-35/h8-9,15-16,18-19,22,30H,5-7,10-14,17,20-21,23-25H2,1-4H3. The maximum absolute atomic E-state index is 14.4. The van der Waals surface area contributed by atoms with E-state index in [1.807, 2.05) is 29.2 Å². The number of rotatable bonds is 14. The minimum absolute atomic E-state index is 0.123. The van der Waals surface area contributed by atoms with Crippen molar-refractivity contribution in [3.8, 4) is 11.1 Å². The molecule has 48 heavy (non-hydrogen) atoms. The SMILES string of the molecule is CCCCC1=NC2(CCCCC2)C(=O)N1Cc1ccc(-c2ccccc2S(=O)(=O)N(COC)c2noc(C)c2C)c(COC2CCC2)c1. The van der Waals surface area contributed by atoms with Crippen molar-refractivity contribution in [3.63, 3.8) is 0 Å². The first kappa shape index (κ1) is 34.3. The van der Waals surface area contributed by atoms with Gasteiger partial charge in [0.2, 0.25) is 0 Å². The van der Waals surface area contributed by atoms with Crippen LogP contribution in [-0.4, -0.2) is 55.7 Å². The van der Waals surface area contributed by atoms with Crippen LogP contribution < -0.4 is 4.31 Å². The Hall–Kier alpha value is -3.54. The predicted octanol–water partition coefficient (Wildman–Crippen LogP) is 7.46. The number of amides is 1. The molecular weight excluding hydrogens is 628 g/mol. The Kier molecular flexibility index (Phi) is 10.4. The summed E-state index contributed by atoms with van der Waals surface area (Å²) in [6, 6.07) is 13.0. The highest BCUT2D eigenvalue weighted by Gasteiger charge is 2.48. The van der Waals surface area contributed by atoms with Crippen LogP contribution in [0.5, 0.6) is 0 Å². The van der Waals surface area contributed by atoms with Crippen molar-refractivity contribution in [2.45, 2.75) is 121 Å². The number of aliphatic imine (C=N–C) groups is 1. The van der Waals surface area contributed by atoms with Crippen molar-refractivity contribution in [3.05, 3.63) is 64.9 Å². The van der Waals surface area contributed by atoms with E-state index >= 15 is 0 Å². The molecule has 6 rings (SSSR count). The third kappa shape index (κ3) is 6.69. The largest absolute Gasteiger partial charge is 0.374 e. The molecule has 0 bridgehead atoms. The van der Waals surface area contributed by atoms with Crippen LogP contribution in [0.4, 0.5) is 5.82 Å². The minimum atomic E-state index is -4.14. The second-order valence-corrected chi connectivity index (χ2v) is 15.3. The van der Waals surface area contributed by atoms with E-state index in [1.165, 1.54) is 7.11 Å². The number of nitrogens with zero attached hydrogens (tertiary/aromatic N) is 4. The third-order valence-corrected chi connectivity index (χ3v) is 11.9. The summed E-state index contributed by atoms with van der Waals surface area (Å²) >= 11 is 0. The molecular formula is C37H48N4O6S. The van der Waals surface area contributed by atoms with Gasteiger partial charge in [-0.15, -0.1) is 0 Å². The smallest absolute Gasteiger partial charge is 0.268 e. The molecule has 1 aromatic heterocycles. The Labute approximate surface area is 284 Å². The van der Waals surface area contributed by atoms with Gasteiger partial charge < -0.3 is 14.0 Å². The normalized spacial score (nSPS) is 18.0. The lowest BCUT2D eigenvalue weighted by molar-refractivity contribution is -0.132. The monoisotopic (exact) mass is 676 g/mol. The Morgan fingerprint density at radius 2 is 1.81 bits per heavy atom. The number of carbonyl (C=O) groups is 1. The number of aromatic nitrogens is 1. The van der Waals surface area contributed by atoms with Crippen LogP contribution in [-0.2, 0) is 37.4 Å². The summed E-state index contributed by atoms with van der Waals surface area (Å²) in [7, 11) is -2.69. The summed E-state index contributed by atoms with van der Waals surface area (Å²) in [5.41, 5.74) is 3.17. The van der Waals surface area contributed by atoms with E-state index in [9.17, 15) is 13.2 Å². The second kappa shape index (κ2) is 14.5. The molecule has 0 atom stereocenters. The van der Waals surface area contributed by atoms with Crippen molar-refractivity contribution in [1.29, 1.82) is 0 Å². The molecule has 2 heterocycles. The van der Waals surface area contributed by atoms with Crippen molar-refractivity contribution < 1.29 is 27.2 Å².